The number of carbonyl (C=O) groups is 2. The first kappa shape index (κ1) is 22.6. The van der Waals surface area contributed by atoms with Gasteiger partial charge in [-0.05, 0) is 31.9 Å². The third kappa shape index (κ3) is 5.15. The van der Waals surface area contributed by atoms with Crippen molar-refractivity contribution in [2.75, 3.05) is 31.1 Å². The Morgan fingerprint density at radius 2 is 1.65 bits per heavy atom. The maximum absolute atomic E-state index is 14.0. The first-order valence-electron chi connectivity index (χ1n) is 10.3. The number of hydrogen-bond acceptors (Lipinski definition) is 5. The normalized spacial score (nSPS) is 15.2. The maximum atomic E-state index is 14.0. The highest BCUT2D eigenvalue weighted by Gasteiger charge is 2.32. The zero-order valence-corrected chi connectivity index (χ0v) is 18.2. The van der Waals surface area contributed by atoms with Crippen molar-refractivity contribution in [2.45, 2.75) is 33.7 Å². The molecule has 1 aliphatic rings. The van der Waals surface area contributed by atoms with Crippen LogP contribution in [0.15, 0.2) is 24.3 Å². The molecule has 1 unspecified atom stereocenters. The molecule has 0 bridgehead atoms. The molecular weight excluding hydrogens is 404 g/mol. The average molecular weight is 431 g/mol. The summed E-state index contributed by atoms with van der Waals surface area (Å²) < 4.78 is 27.9. The standard InChI is InChI=1S/C22H27F2N5O2/c1-13(2)20(27-21(30)19-16(23)6-5-7-17(19)24)22(31)29-10-8-28(9-11-29)18-12-14(3)25-15(4)26-18/h5-7,12-13,20H,8-11H2,1-4H3,(H,27,30). The van der Waals surface area contributed by atoms with E-state index >= 15 is 0 Å². The van der Waals surface area contributed by atoms with Gasteiger partial charge in [0.1, 0.15) is 34.9 Å². The highest BCUT2D eigenvalue weighted by atomic mass is 19.1. The number of piperazine rings is 1. The van der Waals surface area contributed by atoms with E-state index in [0.29, 0.717) is 32.0 Å². The Bertz CT molecular complexity index is 934. The molecule has 1 aromatic heterocycles. The summed E-state index contributed by atoms with van der Waals surface area (Å²) in [6, 6.07) is 4.23. The number of carbonyl (C=O) groups excluding carboxylic acids is 2. The van der Waals surface area contributed by atoms with Crippen LogP contribution in [0.1, 0.15) is 35.7 Å². The number of halogens is 2. The molecule has 0 spiro atoms. The summed E-state index contributed by atoms with van der Waals surface area (Å²) in [4.78, 5) is 38.1. The van der Waals surface area contributed by atoms with Crippen molar-refractivity contribution in [3.8, 4) is 0 Å². The first-order chi connectivity index (χ1) is 14.7. The summed E-state index contributed by atoms with van der Waals surface area (Å²) in [5, 5.41) is 2.52. The fourth-order valence-corrected chi connectivity index (χ4v) is 3.65. The van der Waals surface area contributed by atoms with Gasteiger partial charge in [-0.3, -0.25) is 9.59 Å². The van der Waals surface area contributed by atoms with Gasteiger partial charge in [-0.15, -0.1) is 0 Å². The fraction of sp³-hybridized carbons (Fsp3) is 0.455. The van der Waals surface area contributed by atoms with Crippen molar-refractivity contribution in [3.63, 3.8) is 0 Å². The molecule has 7 nitrogen and oxygen atoms in total. The van der Waals surface area contributed by atoms with Crippen molar-refractivity contribution < 1.29 is 18.4 Å². The number of aryl methyl sites for hydroxylation is 2. The van der Waals surface area contributed by atoms with E-state index in [1.165, 1.54) is 6.07 Å². The van der Waals surface area contributed by atoms with Gasteiger partial charge >= 0.3 is 0 Å². The fourth-order valence-electron chi connectivity index (χ4n) is 3.65. The Hall–Kier alpha value is -3.10. The summed E-state index contributed by atoms with van der Waals surface area (Å²) >= 11 is 0. The summed E-state index contributed by atoms with van der Waals surface area (Å²) in [5.74, 6) is -1.87. The predicted octanol–water partition coefficient (Wildman–Crippen LogP) is 2.47. The van der Waals surface area contributed by atoms with Gasteiger partial charge in [-0.2, -0.15) is 0 Å². The molecule has 1 saturated heterocycles. The Labute approximate surface area is 180 Å². The Morgan fingerprint density at radius 3 is 2.19 bits per heavy atom. The largest absolute Gasteiger partial charge is 0.353 e. The van der Waals surface area contributed by atoms with Crippen LogP contribution in [0.2, 0.25) is 0 Å². The van der Waals surface area contributed by atoms with E-state index in [-0.39, 0.29) is 11.8 Å². The van der Waals surface area contributed by atoms with Crippen LogP contribution >= 0.6 is 0 Å². The minimum Gasteiger partial charge on any atom is -0.353 e. The van der Waals surface area contributed by atoms with Crippen LogP contribution in [0.4, 0.5) is 14.6 Å². The molecular formula is C22H27F2N5O2. The molecule has 2 heterocycles. The van der Waals surface area contributed by atoms with Gasteiger partial charge in [-0.25, -0.2) is 18.7 Å². The molecule has 0 radical (unpaired) electrons. The van der Waals surface area contributed by atoms with Gasteiger partial charge < -0.3 is 15.1 Å². The van der Waals surface area contributed by atoms with Crippen molar-refractivity contribution >= 4 is 17.6 Å². The first-order valence-corrected chi connectivity index (χ1v) is 10.3. The smallest absolute Gasteiger partial charge is 0.257 e. The van der Waals surface area contributed by atoms with E-state index < -0.39 is 29.1 Å². The van der Waals surface area contributed by atoms with Crippen molar-refractivity contribution in [3.05, 3.63) is 53.0 Å². The van der Waals surface area contributed by atoms with Gasteiger partial charge in [0.25, 0.3) is 5.91 Å². The second-order valence-electron chi connectivity index (χ2n) is 8.02. The van der Waals surface area contributed by atoms with Crippen molar-refractivity contribution in [2.24, 2.45) is 5.92 Å². The second kappa shape index (κ2) is 9.36. The predicted molar refractivity (Wildman–Crippen MR) is 113 cm³/mol. The minimum atomic E-state index is -0.962. The minimum absolute atomic E-state index is 0.253. The summed E-state index contributed by atoms with van der Waals surface area (Å²) in [5.41, 5.74) is 0.198. The number of amides is 2. The molecule has 2 amide bonds. The van der Waals surface area contributed by atoms with E-state index in [1.807, 2.05) is 19.9 Å². The summed E-state index contributed by atoms with van der Waals surface area (Å²) in [7, 11) is 0. The number of rotatable bonds is 5. The molecule has 0 aliphatic carbocycles. The van der Waals surface area contributed by atoms with Gasteiger partial charge in [0, 0.05) is 37.9 Å². The Balaban J connectivity index is 1.68. The van der Waals surface area contributed by atoms with E-state index in [9.17, 15) is 18.4 Å². The van der Waals surface area contributed by atoms with Crippen LogP contribution in [0.25, 0.3) is 0 Å². The molecule has 0 saturated carbocycles. The number of anilines is 1. The molecule has 31 heavy (non-hydrogen) atoms. The molecule has 1 aliphatic heterocycles. The molecule has 1 fully saturated rings. The zero-order chi connectivity index (χ0) is 22.7. The van der Waals surface area contributed by atoms with Crippen LogP contribution in [0.3, 0.4) is 0 Å². The van der Waals surface area contributed by atoms with Gasteiger partial charge in [0.15, 0.2) is 0 Å². The maximum Gasteiger partial charge on any atom is 0.257 e. The van der Waals surface area contributed by atoms with Crippen LogP contribution < -0.4 is 10.2 Å². The van der Waals surface area contributed by atoms with Crippen LogP contribution in [0.5, 0.6) is 0 Å². The lowest BCUT2D eigenvalue weighted by molar-refractivity contribution is -0.134. The van der Waals surface area contributed by atoms with E-state index in [4.69, 9.17) is 0 Å². The number of aromatic nitrogens is 2. The highest BCUT2D eigenvalue weighted by molar-refractivity contribution is 5.98. The molecule has 1 aromatic carbocycles. The van der Waals surface area contributed by atoms with E-state index in [2.05, 4.69) is 20.2 Å². The van der Waals surface area contributed by atoms with Crippen LogP contribution in [-0.4, -0.2) is 58.9 Å². The van der Waals surface area contributed by atoms with E-state index in [0.717, 1.165) is 23.6 Å². The SMILES string of the molecule is Cc1cc(N2CCN(C(=O)C(NC(=O)c3c(F)cccc3F)C(C)C)CC2)nc(C)n1. The second-order valence-corrected chi connectivity index (χ2v) is 8.02. The summed E-state index contributed by atoms with van der Waals surface area (Å²) in [6.45, 7) is 9.39. The number of nitrogens with zero attached hydrogens (tertiary/aromatic N) is 4. The molecule has 1 atom stereocenters. The van der Waals surface area contributed by atoms with Gasteiger partial charge in [-0.1, -0.05) is 19.9 Å². The number of nitrogens with one attached hydrogen (secondary N) is 1. The third-order valence-electron chi connectivity index (χ3n) is 5.28. The molecule has 1 N–H and O–H groups in total. The summed E-state index contributed by atoms with van der Waals surface area (Å²) in [6.07, 6.45) is 0. The van der Waals surface area contributed by atoms with Crippen molar-refractivity contribution in [1.29, 1.82) is 0 Å². The lowest BCUT2D eigenvalue weighted by atomic mass is 10.0. The lowest BCUT2D eigenvalue weighted by Gasteiger charge is -2.37. The Morgan fingerprint density at radius 1 is 1.03 bits per heavy atom. The highest BCUT2D eigenvalue weighted by Crippen LogP contribution is 2.18. The van der Waals surface area contributed by atoms with Gasteiger partial charge in [0.2, 0.25) is 5.91 Å². The topological polar surface area (TPSA) is 78.4 Å². The molecule has 2 aromatic rings. The molecule has 166 valence electrons. The van der Waals surface area contributed by atoms with E-state index in [1.54, 1.807) is 18.7 Å². The van der Waals surface area contributed by atoms with Crippen LogP contribution in [0, 0.1) is 31.4 Å². The zero-order valence-electron chi connectivity index (χ0n) is 18.2. The van der Waals surface area contributed by atoms with Crippen molar-refractivity contribution in [1.82, 2.24) is 20.2 Å². The lowest BCUT2D eigenvalue weighted by Crippen LogP contribution is -2.56. The number of hydrogen-bond donors (Lipinski definition) is 1. The third-order valence-corrected chi connectivity index (χ3v) is 5.28. The van der Waals surface area contributed by atoms with Crippen LogP contribution in [-0.2, 0) is 4.79 Å². The average Bonchev–Trinajstić information content (AvgIpc) is 2.70. The molecule has 3 rings (SSSR count). The molecule has 9 heteroatoms. The van der Waals surface area contributed by atoms with Gasteiger partial charge in [0.05, 0.1) is 0 Å². The Kier molecular flexibility index (Phi) is 6.82. The quantitative estimate of drug-likeness (QED) is 0.787. The number of benzene rings is 1. The monoisotopic (exact) mass is 431 g/mol.